The molecule has 0 aromatic heterocycles. The van der Waals surface area contributed by atoms with Crippen LogP contribution in [-0.2, 0) is 0 Å². The van der Waals surface area contributed by atoms with Crippen LogP contribution in [-0.4, -0.2) is 22.4 Å². The van der Waals surface area contributed by atoms with E-state index in [1.54, 1.807) is 0 Å². The summed E-state index contributed by atoms with van der Waals surface area (Å²) in [6, 6.07) is 0. The van der Waals surface area contributed by atoms with Crippen molar-refractivity contribution in [1.29, 1.82) is 0 Å². The van der Waals surface area contributed by atoms with Crippen molar-refractivity contribution in [1.82, 2.24) is 0 Å². The van der Waals surface area contributed by atoms with E-state index in [0.29, 0.717) is 18.4 Å². The Bertz CT molecular complexity index is 374. The van der Waals surface area contributed by atoms with Crippen LogP contribution in [0.15, 0.2) is 23.3 Å². The minimum Gasteiger partial charge on any atom is -0.396 e. The fourth-order valence-electron chi connectivity index (χ4n) is 3.27. The van der Waals surface area contributed by atoms with Crippen LogP contribution in [0.25, 0.3) is 0 Å². The molecule has 0 saturated heterocycles. The first-order valence-electron chi connectivity index (χ1n) is 8.97. The molecule has 1 rings (SSSR count). The van der Waals surface area contributed by atoms with Crippen LogP contribution >= 0.6 is 0 Å². The molecule has 2 atom stereocenters. The second kappa shape index (κ2) is 9.52. The van der Waals surface area contributed by atoms with E-state index in [-0.39, 0.29) is 0 Å². The standard InChI is InChI=1S/C20H36O2/c1-16-7-5-9-18(15-21)10-6-8-17(2)12-14-19(13-11-16)20(3,4)22/h7,12,18-19,21-22H,5-6,8-11,13-15H2,1-4H3. The van der Waals surface area contributed by atoms with Gasteiger partial charge in [0, 0.05) is 6.61 Å². The zero-order valence-electron chi connectivity index (χ0n) is 15.1. The third kappa shape index (κ3) is 7.60. The first kappa shape index (κ1) is 19.4. The number of rotatable bonds is 2. The van der Waals surface area contributed by atoms with E-state index in [2.05, 4.69) is 26.0 Å². The van der Waals surface area contributed by atoms with Crippen LogP contribution in [0.5, 0.6) is 0 Å². The van der Waals surface area contributed by atoms with Crippen molar-refractivity contribution in [3.8, 4) is 0 Å². The summed E-state index contributed by atoms with van der Waals surface area (Å²) >= 11 is 0. The van der Waals surface area contributed by atoms with Crippen molar-refractivity contribution >= 4 is 0 Å². The maximum absolute atomic E-state index is 10.4. The summed E-state index contributed by atoms with van der Waals surface area (Å²) in [7, 11) is 0. The number of allylic oxidation sites excluding steroid dienone is 4. The van der Waals surface area contributed by atoms with Gasteiger partial charge in [-0.3, -0.25) is 0 Å². The Hall–Kier alpha value is -0.600. The van der Waals surface area contributed by atoms with Gasteiger partial charge in [-0.2, -0.15) is 0 Å². The van der Waals surface area contributed by atoms with Crippen molar-refractivity contribution in [2.45, 2.75) is 84.7 Å². The number of aliphatic hydroxyl groups is 2. The van der Waals surface area contributed by atoms with Crippen molar-refractivity contribution < 1.29 is 10.2 Å². The van der Waals surface area contributed by atoms with Gasteiger partial charge in [0.1, 0.15) is 0 Å². The highest BCUT2D eigenvalue weighted by atomic mass is 16.3. The third-order valence-electron chi connectivity index (χ3n) is 5.15. The van der Waals surface area contributed by atoms with Crippen molar-refractivity contribution in [2.24, 2.45) is 11.8 Å². The second-order valence-corrected chi connectivity index (χ2v) is 7.74. The molecule has 0 saturated carbocycles. The number of aliphatic hydroxyl groups excluding tert-OH is 1. The Morgan fingerprint density at radius 3 is 2.36 bits per heavy atom. The Labute approximate surface area is 137 Å². The van der Waals surface area contributed by atoms with E-state index in [0.717, 1.165) is 51.4 Å². The molecule has 0 aliphatic heterocycles. The smallest absolute Gasteiger partial charge is 0.0622 e. The molecular formula is C20H36O2. The van der Waals surface area contributed by atoms with E-state index in [1.807, 2.05) is 13.8 Å². The Morgan fingerprint density at radius 2 is 1.73 bits per heavy atom. The van der Waals surface area contributed by atoms with Gasteiger partial charge in [-0.1, -0.05) is 23.3 Å². The molecule has 2 heteroatoms. The lowest BCUT2D eigenvalue weighted by Crippen LogP contribution is -2.30. The SMILES string of the molecule is CC1=CCC(C(C)(C)O)CCC(C)=CCCC(CO)CCC1. The van der Waals surface area contributed by atoms with Crippen molar-refractivity contribution in [3.63, 3.8) is 0 Å². The zero-order chi connectivity index (χ0) is 16.6. The van der Waals surface area contributed by atoms with Gasteiger partial charge in [0.2, 0.25) is 0 Å². The summed E-state index contributed by atoms with van der Waals surface area (Å²) in [6.07, 6.45) is 13.3. The first-order chi connectivity index (χ1) is 10.3. The fourth-order valence-corrected chi connectivity index (χ4v) is 3.27. The second-order valence-electron chi connectivity index (χ2n) is 7.74. The minimum absolute atomic E-state index is 0.316. The molecule has 0 fully saturated rings. The van der Waals surface area contributed by atoms with Gasteiger partial charge in [0.05, 0.1) is 5.60 Å². The summed E-state index contributed by atoms with van der Waals surface area (Å²) in [4.78, 5) is 0. The van der Waals surface area contributed by atoms with E-state index in [9.17, 15) is 10.2 Å². The summed E-state index contributed by atoms with van der Waals surface area (Å²) in [5.74, 6) is 0.767. The van der Waals surface area contributed by atoms with Crippen LogP contribution in [0, 0.1) is 11.8 Å². The molecule has 0 heterocycles. The lowest BCUT2D eigenvalue weighted by Gasteiger charge is -2.29. The molecule has 0 aromatic rings. The van der Waals surface area contributed by atoms with Crippen molar-refractivity contribution in [3.05, 3.63) is 23.3 Å². The molecule has 22 heavy (non-hydrogen) atoms. The molecule has 0 spiro atoms. The van der Waals surface area contributed by atoms with Gasteiger partial charge in [0.15, 0.2) is 0 Å². The molecule has 128 valence electrons. The van der Waals surface area contributed by atoms with Crippen LogP contribution in [0.4, 0.5) is 0 Å². The van der Waals surface area contributed by atoms with Gasteiger partial charge in [-0.05, 0) is 90.9 Å². The normalized spacial score (nSPS) is 26.8. The largest absolute Gasteiger partial charge is 0.396 e. The first-order valence-corrected chi connectivity index (χ1v) is 8.97. The van der Waals surface area contributed by atoms with Gasteiger partial charge >= 0.3 is 0 Å². The van der Waals surface area contributed by atoms with Crippen LogP contribution < -0.4 is 0 Å². The third-order valence-corrected chi connectivity index (χ3v) is 5.15. The molecule has 1 aliphatic rings. The number of hydrogen-bond donors (Lipinski definition) is 2. The monoisotopic (exact) mass is 308 g/mol. The highest BCUT2D eigenvalue weighted by Crippen LogP contribution is 2.29. The maximum Gasteiger partial charge on any atom is 0.0622 e. The zero-order valence-corrected chi connectivity index (χ0v) is 15.1. The fraction of sp³-hybridized carbons (Fsp3) is 0.800. The van der Waals surface area contributed by atoms with Crippen LogP contribution in [0.2, 0.25) is 0 Å². The van der Waals surface area contributed by atoms with Gasteiger partial charge < -0.3 is 10.2 Å². The van der Waals surface area contributed by atoms with Gasteiger partial charge in [-0.25, -0.2) is 0 Å². The molecular weight excluding hydrogens is 272 g/mol. The molecule has 1 aliphatic carbocycles. The molecule has 2 unspecified atom stereocenters. The van der Waals surface area contributed by atoms with E-state index >= 15 is 0 Å². The molecule has 2 nitrogen and oxygen atoms in total. The molecule has 0 amide bonds. The minimum atomic E-state index is -0.615. The molecule has 2 N–H and O–H groups in total. The summed E-state index contributed by atoms with van der Waals surface area (Å²) in [5, 5.41) is 19.9. The highest BCUT2D eigenvalue weighted by molar-refractivity contribution is 5.03. The number of hydrogen-bond acceptors (Lipinski definition) is 2. The van der Waals surface area contributed by atoms with Crippen molar-refractivity contribution in [2.75, 3.05) is 6.61 Å². The Kier molecular flexibility index (Phi) is 8.41. The lowest BCUT2D eigenvalue weighted by molar-refractivity contribution is 0.0145. The van der Waals surface area contributed by atoms with Gasteiger partial charge in [0.25, 0.3) is 0 Å². The predicted molar refractivity (Wildman–Crippen MR) is 94.8 cm³/mol. The molecule has 0 bridgehead atoms. The highest BCUT2D eigenvalue weighted by Gasteiger charge is 2.25. The Morgan fingerprint density at radius 1 is 1.05 bits per heavy atom. The molecule has 0 radical (unpaired) electrons. The average molecular weight is 309 g/mol. The Balaban J connectivity index is 2.77. The van der Waals surface area contributed by atoms with E-state index < -0.39 is 5.60 Å². The average Bonchev–Trinajstić information content (AvgIpc) is 2.43. The van der Waals surface area contributed by atoms with Crippen LogP contribution in [0.1, 0.15) is 79.1 Å². The lowest BCUT2D eigenvalue weighted by atomic mass is 9.82. The summed E-state index contributed by atoms with van der Waals surface area (Å²) < 4.78 is 0. The quantitative estimate of drug-likeness (QED) is 0.704. The van der Waals surface area contributed by atoms with E-state index in [4.69, 9.17) is 0 Å². The molecule has 0 aromatic carbocycles. The predicted octanol–water partition coefficient (Wildman–Crippen LogP) is 5.01. The van der Waals surface area contributed by atoms with Gasteiger partial charge in [-0.15, -0.1) is 0 Å². The maximum atomic E-state index is 10.4. The van der Waals surface area contributed by atoms with Crippen LogP contribution in [0.3, 0.4) is 0 Å². The topological polar surface area (TPSA) is 40.5 Å². The summed E-state index contributed by atoms with van der Waals surface area (Å²) in [5.41, 5.74) is 2.23. The summed E-state index contributed by atoms with van der Waals surface area (Å²) in [6.45, 7) is 8.59. The van der Waals surface area contributed by atoms with E-state index in [1.165, 1.54) is 11.1 Å².